The van der Waals surface area contributed by atoms with Gasteiger partial charge >= 0.3 is 0 Å². The second kappa shape index (κ2) is 6.11. The summed E-state index contributed by atoms with van der Waals surface area (Å²) in [5.74, 6) is -0.315. The Labute approximate surface area is 106 Å². The standard InChI is InChI=1S/C13H18F2N2O/c1-18-13-5-11(14)10(4-12(13)15)2-3-16-6-9-7-17-8-9/h4-5,9,16-17H,2-3,6-8H2,1H3. The number of methoxy groups -OCH3 is 1. The first-order valence-electron chi connectivity index (χ1n) is 6.14. The summed E-state index contributed by atoms with van der Waals surface area (Å²) in [4.78, 5) is 0. The summed E-state index contributed by atoms with van der Waals surface area (Å²) < 4.78 is 31.7. The van der Waals surface area contributed by atoms with Gasteiger partial charge in [0.25, 0.3) is 0 Å². The first kappa shape index (κ1) is 13.2. The van der Waals surface area contributed by atoms with Crippen molar-refractivity contribution in [1.29, 1.82) is 0 Å². The zero-order valence-electron chi connectivity index (χ0n) is 10.4. The summed E-state index contributed by atoms with van der Waals surface area (Å²) in [6, 6.07) is 2.31. The van der Waals surface area contributed by atoms with Crippen LogP contribution in [0.1, 0.15) is 5.56 Å². The van der Waals surface area contributed by atoms with E-state index in [1.54, 1.807) is 0 Å². The Morgan fingerprint density at radius 2 is 2.11 bits per heavy atom. The highest BCUT2D eigenvalue weighted by atomic mass is 19.1. The van der Waals surface area contributed by atoms with Crippen LogP contribution in [0, 0.1) is 17.6 Å². The molecule has 1 saturated heterocycles. The van der Waals surface area contributed by atoms with Crippen molar-refractivity contribution < 1.29 is 13.5 Å². The van der Waals surface area contributed by atoms with Crippen molar-refractivity contribution >= 4 is 0 Å². The number of benzene rings is 1. The van der Waals surface area contributed by atoms with Crippen LogP contribution in [0.25, 0.3) is 0 Å². The molecule has 3 nitrogen and oxygen atoms in total. The lowest BCUT2D eigenvalue weighted by atomic mass is 10.0. The van der Waals surface area contributed by atoms with E-state index < -0.39 is 11.6 Å². The molecule has 0 atom stereocenters. The average Bonchev–Trinajstić information content (AvgIpc) is 2.30. The minimum atomic E-state index is -0.517. The molecule has 100 valence electrons. The summed E-state index contributed by atoms with van der Waals surface area (Å²) in [5.41, 5.74) is 0.382. The van der Waals surface area contributed by atoms with E-state index in [0.29, 0.717) is 24.4 Å². The molecule has 5 heteroatoms. The summed E-state index contributed by atoms with van der Waals surface area (Å²) in [5, 5.41) is 6.44. The van der Waals surface area contributed by atoms with Crippen LogP contribution in [0.5, 0.6) is 5.75 Å². The van der Waals surface area contributed by atoms with Crippen molar-refractivity contribution in [3.63, 3.8) is 0 Å². The zero-order valence-corrected chi connectivity index (χ0v) is 10.4. The Morgan fingerprint density at radius 1 is 1.33 bits per heavy atom. The van der Waals surface area contributed by atoms with Gasteiger partial charge < -0.3 is 15.4 Å². The van der Waals surface area contributed by atoms with Gasteiger partial charge in [-0.1, -0.05) is 0 Å². The van der Waals surface area contributed by atoms with Crippen LogP contribution in [0.3, 0.4) is 0 Å². The van der Waals surface area contributed by atoms with Crippen LogP contribution in [0.15, 0.2) is 12.1 Å². The first-order chi connectivity index (χ1) is 8.70. The fraction of sp³-hybridized carbons (Fsp3) is 0.538. The second-order valence-corrected chi connectivity index (χ2v) is 4.56. The molecule has 1 heterocycles. The molecule has 0 amide bonds. The molecule has 0 aliphatic carbocycles. The zero-order chi connectivity index (χ0) is 13.0. The lowest BCUT2D eigenvalue weighted by Crippen LogP contribution is -2.47. The van der Waals surface area contributed by atoms with E-state index >= 15 is 0 Å². The Morgan fingerprint density at radius 3 is 2.72 bits per heavy atom. The predicted octanol–water partition coefficient (Wildman–Crippen LogP) is 1.32. The molecule has 0 saturated carbocycles. The molecule has 0 unspecified atom stereocenters. The third-order valence-electron chi connectivity index (χ3n) is 3.19. The normalized spacial score (nSPS) is 15.5. The maximum Gasteiger partial charge on any atom is 0.165 e. The van der Waals surface area contributed by atoms with E-state index in [4.69, 9.17) is 4.74 Å². The fourth-order valence-electron chi connectivity index (χ4n) is 1.94. The molecule has 18 heavy (non-hydrogen) atoms. The van der Waals surface area contributed by atoms with Gasteiger partial charge in [-0.25, -0.2) is 8.78 Å². The molecule has 0 spiro atoms. The highest BCUT2D eigenvalue weighted by Crippen LogP contribution is 2.21. The third-order valence-corrected chi connectivity index (χ3v) is 3.19. The first-order valence-corrected chi connectivity index (χ1v) is 6.14. The van der Waals surface area contributed by atoms with E-state index in [9.17, 15) is 8.78 Å². The Hall–Kier alpha value is -1.20. The highest BCUT2D eigenvalue weighted by Gasteiger charge is 2.15. The molecule has 0 bridgehead atoms. The van der Waals surface area contributed by atoms with Crippen molar-refractivity contribution in [2.24, 2.45) is 5.92 Å². The van der Waals surface area contributed by atoms with Gasteiger partial charge in [0, 0.05) is 25.7 Å². The van der Waals surface area contributed by atoms with Gasteiger partial charge in [0.1, 0.15) is 5.82 Å². The maximum absolute atomic E-state index is 13.6. The SMILES string of the molecule is COc1cc(F)c(CCNCC2CNC2)cc1F. The summed E-state index contributed by atoms with van der Waals surface area (Å²) in [6.07, 6.45) is 0.479. The topological polar surface area (TPSA) is 33.3 Å². The van der Waals surface area contributed by atoms with Gasteiger partial charge in [-0.3, -0.25) is 0 Å². The largest absolute Gasteiger partial charge is 0.494 e. The predicted molar refractivity (Wildman–Crippen MR) is 65.8 cm³/mol. The van der Waals surface area contributed by atoms with Gasteiger partial charge in [0.15, 0.2) is 11.6 Å². The van der Waals surface area contributed by atoms with E-state index in [2.05, 4.69) is 10.6 Å². The number of ether oxygens (including phenoxy) is 1. The molecule has 2 N–H and O–H groups in total. The van der Waals surface area contributed by atoms with Crippen LogP contribution in [0.4, 0.5) is 8.78 Å². The summed E-state index contributed by atoms with van der Waals surface area (Å²) in [7, 11) is 1.33. The summed E-state index contributed by atoms with van der Waals surface area (Å²) >= 11 is 0. The van der Waals surface area contributed by atoms with Crippen LogP contribution in [0.2, 0.25) is 0 Å². The second-order valence-electron chi connectivity index (χ2n) is 4.56. The number of halogens is 2. The van der Waals surface area contributed by atoms with Crippen LogP contribution < -0.4 is 15.4 Å². The lowest BCUT2D eigenvalue weighted by molar-refractivity contribution is 0.332. The van der Waals surface area contributed by atoms with E-state index in [1.165, 1.54) is 13.2 Å². The van der Waals surface area contributed by atoms with Gasteiger partial charge in [-0.15, -0.1) is 0 Å². The molecule has 2 rings (SSSR count). The minimum absolute atomic E-state index is 0.0512. The molecule has 1 aromatic carbocycles. The molecule has 1 aliphatic rings. The Balaban J connectivity index is 1.82. The van der Waals surface area contributed by atoms with Crippen molar-refractivity contribution in [2.75, 3.05) is 33.3 Å². The smallest absolute Gasteiger partial charge is 0.165 e. The van der Waals surface area contributed by atoms with Crippen molar-refractivity contribution in [1.82, 2.24) is 10.6 Å². The van der Waals surface area contributed by atoms with Crippen LogP contribution >= 0.6 is 0 Å². The molecule has 1 aromatic rings. The van der Waals surface area contributed by atoms with Crippen LogP contribution in [-0.4, -0.2) is 33.3 Å². The molecule has 1 fully saturated rings. The van der Waals surface area contributed by atoms with Crippen LogP contribution in [-0.2, 0) is 6.42 Å². The minimum Gasteiger partial charge on any atom is -0.494 e. The molecular weight excluding hydrogens is 238 g/mol. The molecule has 1 aliphatic heterocycles. The monoisotopic (exact) mass is 256 g/mol. The fourth-order valence-corrected chi connectivity index (χ4v) is 1.94. The number of rotatable bonds is 6. The van der Waals surface area contributed by atoms with E-state index in [-0.39, 0.29) is 5.75 Å². The quantitative estimate of drug-likeness (QED) is 0.753. The van der Waals surface area contributed by atoms with Crippen molar-refractivity contribution in [3.8, 4) is 5.75 Å². The average molecular weight is 256 g/mol. The van der Waals surface area contributed by atoms with Gasteiger partial charge in [0.05, 0.1) is 7.11 Å². The van der Waals surface area contributed by atoms with Gasteiger partial charge in [-0.05, 0) is 30.5 Å². The maximum atomic E-state index is 13.6. The number of nitrogens with one attached hydrogen (secondary N) is 2. The van der Waals surface area contributed by atoms with Gasteiger partial charge in [-0.2, -0.15) is 0 Å². The lowest BCUT2D eigenvalue weighted by Gasteiger charge is -2.27. The van der Waals surface area contributed by atoms with Crippen molar-refractivity contribution in [2.45, 2.75) is 6.42 Å². The van der Waals surface area contributed by atoms with Crippen molar-refractivity contribution in [3.05, 3.63) is 29.3 Å². The Kier molecular flexibility index (Phi) is 4.49. The van der Waals surface area contributed by atoms with Gasteiger partial charge in [0.2, 0.25) is 0 Å². The molecule has 0 radical (unpaired) electrons. The summed E-state index contributed by atoms with van der Waals surface area (Å²) in [6.45, 7) is 3.66. The van der Waals surface area contributed by atoms with E-state index in [0.717, 1.165) is 25.7 Å². The van der Waals surface area contributed by atoms with E-state index in [1.807, 2.05) is 0 Å². The highest BCUT2D eigenvalue weighted by molar-refractivity contribution is 5.31. The Bertz CT molecular complexity index is 408. The molecule has 0 aromatic heterocycles. The number of hydrogen-bond acceptors (Lipinski definition) is 3. The third kappa shape index (κ3) is 3.17. The molecular formula is C13H18F2N2O. The number of hydrogen-bond donors (Lipinski definition) is 2.